The second-order valence-corrected chi connectivity index (χ2v) is 12.9. The summed E-state index contributed by atoms with van der Waals surface area (Å²) in [5.74, 6) is 0. The molecule has 0 saturated carbocycles. The van der Waals surface area contributed by atoms with Crippen molar-refractivity contribution in [1.29, 1.82) is 0 Å². The van der Waals surface area contributed by atoms with Crippen molar-refractivity contribution >= 4 is 76.3 Å². The Balaban J connectivity index is 1.31. The lowest BCUT2D eigenvalue weighted by molar-refractivity contribution is 0.673. The number of para-hydroxylation sites is 4. The van der Waals surface area contributed by atoms with E-state index in [1.54, 1.807) is 0 Å². The Bertz CT molecular complexity index is 3100. The SMILES string of the molecule is c1ccc(-n2c3ccccc3c3cc(-c4cc5c6ccccc6oc5c5c6ccccc6n(-c6ccc7ccccc7c6)c45)ccc32)cc1. The van der Waals surface area contributed by atoms with Gasteiger partial charge in [-0.1, -0.05) is 109 Å². The molecule has 0 N–H and O–H groups in total. The van der Waals surface area contributed by atoms with Gasteiger partial charge in [0.15, 0.2) is 0 Å². The Morgan fingerprint density at radius 2 is 1.06 bits per heavy atom. The third-order valence-electron chi connectivity index (χ3n) is 10.3. The minimum absolute atomic E-state index is 0.903. The largest absolute Gasteiger partial charge is 0.455 e. The van der Waals surface area contributed by atoms with Crippen molar-refractivity contribution in [3.8, 4) is 22.5 Å². The molecule has 228 valence electrons. The van der Waals surface area contributed by atoms with Gasteiger partial charge in [0, 0.05) is 43.9 Å². The summed E-state index contributed by atoms with van der Waals surface area (Å²) >= 11 is 0. The molecule has 0 amide bonds. The predicted octanol–water partition coefficient (Wildman–Crippen LogP) is 12.6. The molecule has 0 aliphatic heterocycles. The van der Waals surface area contributed by atoms with Gasteiger partial charge in [0.1, 0.15) is 11.2 Å². The number of rotatable bonds is 3. The molecule has 0 atom stereocenters. The van der Waals surface area contributed by atoms with Gasteiger partial charge in [0.2, 0.25) is 0 Å². The first-order chi connectivity index (χ1) is 24.3. The van der Waals surface area contributed by atoms with Crippen LogP contribution in [0.1, 0.15) is 0 Å². The normalized spacial score (nSPS) is 12.1. The lowest BCUT2D eigenvalue weighted by Crippen LogP contribution is -1.96. The fourth-order valence-electron chi connectivity index (χ4n) is 8.13. The van der Waals surface area contributed by atoms with Gasteiger partial charge < -0.3 is 13.6 Å². The molecule has 0 bridgehead atoms. The van der Waals surface area contributed by atoms with Crippen LogP contribution in [0.15, 0.2) is 174 Å². The van der Waals surface area contributed by atoms with E-state index in [0.717, 1.165) is 49.7 Å². The minimum atomic E-state index is 0.903. The molecule has 11 rings (SSSR count). The van der Waals surface area contributed by atoms with Crippen LogP contribution in [-0.2, 0) is 0 Å². The number of hydrogen-bond donors (Lipinski definition) is 0. The standard InChI is InChI=1S/C46H28N2O/c1-2-14-32(15-3-1)47-40-19-9-6-16-34(40)38-27-31(23-25-42(38)47)37-28-39-35-17-8-11-21-43(35)49-46(39)44-36-18-7-10-20-41(36)48(45(37)44)33-24-22-29-12-4-5-13-30(29)26-33/h1-28H. The molecule has 11 aromatic rings. The van der Waals surface area contributed by atoms with Crippen LogP contribution in [0.5, 0.6) is 0 Å². The van der Waals surface area contributed by atoms with Gasteiger partial charge in [-0.25, -0.2) is 0 Å². The molecule has 3 heteroatoms. The Hall–Kier alpha value is -6.58. The van der Waals surface area contributed by atoms with E-state index in [9.17, 15) is 0 Å². The van der Waals surface area contributed by atoms with Crippen LogP contribution in [0.3, 0.4) is 0 Å². The Morgan fingerprint density at radius 1 is 0.388 bits per heavy atom. The van der Waals surface area contributed by atoms with Crippen LogP contribution in [-0.4, -0.2) is 9.13 Å². The summed E-state index contributed by atoms with van der Waals surface area (Å²) in [5, 5.41) is 9.49. The summed E-state index contributed by atoms with van der Waals surface area (Å²) in [4.78, 5) is 0. The van der Waals surface area contributed by atoms with E-state index < -0.39 is 0 Å². The Morgan fingerprint density at radius 3 is 1.92 bits per heavy atom. The van der Waals surface area contributed by atoms with Crippen molar-refractivity contribution in [3.63, 3.8) is 0 Å². The highest BCUT2D eigenvalue weighted by molar-refractivity contribution is 6.27. The topological polar surface area (TPSA) is 23.0 Å². The summed E-state index contributed by atoms with van der Waals surface area (Å²) in [5.41, 5.74) is 11.2. The second-order valence-electron chi connectivity index (χ2n) is 12.9. The molecule has 0 spiro atoms. The summed E-state index contributed by atoms with van der Waals surface area (Å²) < 4.78 is 11.6. The van der Waals surface area contributed by atoms with Crippen molar-refractivity contribution in [2.24, 2.45) is 0 Å². The molecule has 0 radical (unpaired) electrons. The Kier molecular flexibility index (Phi) is 5.38. The minimum Gasteiger partial charge on any atom is -0.455 e. The quantitative estimate of drug-likeness (QED) is 0.192. The summed E-state index contributed by atoms with van der Waals surface area (Å²) in [6.07, 6.45) is 0. The fourth-order valence-corrected chi connectivity index (χ4v) is 8.13. The van der Waals surface area contributed by atoms with E-state index >= 15 is 0 Å². The highest BCUT2D eigenvalue weighted by Gasteiger charge is 2.23. The molecule has 0 unspecified atom stereocenters. The molecular formula is C46H28N2O. The van der Waals surface area contributed by atoms with Gasteiger partial charge in [0.05, 0.1) is 27.5 Å². The van der Waals surface area contributed by atoms with Gasteiger partial charge >= 0.3 is 0 Å². The van der Waals surface area contributed by atoms with Crippen molar-refractivity contribution in [2.45, 2.75) is 0 Å². The maximum Gasteiger partial charge on any atom is 0.145 e. The van der Waals surface area contributed by atoms with E-state index in [-0.39, 0.29) is 0 Å². The molecule has 0 saturated heterocycles. The smallest absolute Gasteiger partial charge is 0.145 e. The molecule has 3 heterocycles. The lowest BCUT2D eigenvalue weighted by atomic mass is 9.97. The second kappa shape index (κ2) is 9.96. The molecule has 49 heavy (non-hydrogen) atoms. The Labute approximate surface area is 281 Å². The molecule has 0 aliphatic carbocycles. The van der Waals surface area contributed by atoms with Gasteiger partial charge in [-0.15, -0.1) is 0 Å². The van der Waals surface area contributed by atoms with E-state index in [1.165, 1.54) is 49.1 Å². The third-order valence-corrected chi connectivity index (χ3v) is 10.3. The number of benzene rings is 8. The lowest BCUT2D eigenvalue weighted by Gasteiger charge is -2.14. The van der Waals surface area contributed by atoms with Gasteiger partial charge in [-0.2, -0.15) is 0 Å². The van der Waals surface area contributed by atoms with Crippen LogP contribution in [0, 0.1) is 0 Å². The van der Waals surface area contributed by atoms with Crippen LogP contribution in [0.25, 0.3) is 98.8 Å². The highest BCUT2D eigenvalue weighted by Crippen LogP contribution is 2.46. The van der Waals surface area contributed by atoms with Crippen LogP contribution in [0.4, 0.5) is 0 Å². The highest BCUT2D eigenvalue weighted by atomic mass is 16.3. The van der Waals surface area contributed by atoms with Crippen LogP contribution < -0.4 is 0 Å². The molecule has 8 aromatic carbocycles. The van der Waals surface area contributed by atoms with Gasteiger partial charge in [0.25, 0.3) is 0 Å². The number of fused-ring (bicyclic) bond motifs is 11. The number of aromatic nitrogens is 2. The first-order valence-electron chi connectivity index (χ1n) is 16.8. The summed E-state index contributed by atoms with van der Waals surface area (Å²) in [7, 11) is 0. The summed E-state index contributed by atoms with van der Waals surface area (Å²) in [6.45, 7) is 0. The zero-order valence-corrected chi connectivity index (χ0v) is 26.5. The number of nitrogens with zero attached hydrogens (tertiary/aromatic N) is 2. The summed E-state index contributed by atoms with van der Waals surface area (Å²) in [6, 6.07) is 61.3. The van der Waals surface area contributed by atoms with Crippen LogP contribution >= 0.6 is 0 Å². The van der Waals surface area contributed by atoms with E-state index in [1.807, 2.05) is 0 Å². The fraction of sp³-hybridized carbons (Fsp3) is 0. The predicted molar refractivity (Wildman–Crippen MR) is 205 cm³/mol. The average Bonchev–Trinajstić information content (AvgIpc) is 3.82. The van der Waals surface area contributed by atoms with Gasteiger partial charge in [-0.3, -0.25) is 0 Å². The first-order valence-corrected chi connectivity index (χ1v) is 16.8. The molecule has 0 aliphatic rings. The number of hydrogen-bond acceptors (Lipinski definition) is 1. The van der Waals surface area contributed by atoms with Crippen LogP contribution in [0.2, 0.25) is 0 Å². The van der Waals surface area contributed by atoms with E-state index in [0.29, 0.717) is 0 Å². The zero-order chi connectivity index (χ0) is 32.1. The monoisotopic (exact) mass is 624 g/mol. The zero-order valence-electron chi connectivity index (χ0n) is 26.5. The van der Waals surface area contributed by atoms with Gasteiger partial charge in [-0.05, 0) is 77.0 Å². The van der Waals surface area contributed by atoms with Crippen molar-refractivity contribution < 1.29 is 4.42 Å². The molecule has 0 fully saturated rings. The molecular weight excluding hydrogens is 597 g/mol. The van der Waals surface area contributed by atoms with E-state index in [4.69, 9.17) is 4.42 Å². The molecule has 3 aromatic heterocycles. The van der Waals surface area contributed by atoms with Crippen molar-refractivity contribution in [2.75, 3.05) is 0 Å². The third kappa shape index (κ3) is 3.73. The maximum absolute atomic E-state index is 6.75. The first kappa shape index (κ1) is 26.5. The number of furan rings is 1. The van der Waals surface area contributed by atoms with E-state index in [2.05, 4.69) is 179 Å². The average molecular weight is 625 g/mol. The maximum atomic E-state index is 6.75. The molecule has 3 nitrogen and oxygen atoms in total. The van der Waals surface area contributed by atoms with Crippen molar-refractivity contribution in [1.82, 2.24) is 9.13 Å². The van der Waals surface area contributed by atoms with Crippen molar-refractivity contribution in [3.05, 3.63) is 170 Å².